The summed E-state index contributed by atoms with van der Waals surface area (Å²) in [5.74, 6) is -1.30. The number of rotatable bonds is 8. The van der Waals surface area contributed by atoms with E-state index in [0.717, 1.165) is 36.8 Å². The Morgan fingerprint density at radius 3 is 2.26 bits per heavy atom. The van der Waals surface area contributed by atoms with Gasteiger partial charge in [-0.1, -0.05) is 61.4 Å². The fraction of sp³-hybridized carbons (Fsp3) is 0.444. The average Bonchev–Trinajstić information content (AvgIpc) is 3.14. The summed E-state index contributed by atoms with van der Waals surface area (Å²) in [5, 5.41) is 14.6. The lowest BCUT2D eigenvalue weighted by molar-refractivity contribution is -0.137. The van der Waals surface area contributed by atoms with Crippen LogP contribution in [0.3, 0.4) is 0 Å². The van der Waals surface area contributed by atoms with Gasteiger partial charge in [0.15, 0.2) is 0 Å². The maximum absolute atomic E-state index is 12.7. The summed E-state index contributed by atoms with van der Waals surface area (Å²) in [7, 11) is 0. The van der Waals surface area contributed by atoms with Crippen LogP contribution >= 0.6 is 0 Å². The minimum absolute atomic E-state index is 0.00193. The molecule has 4 rings (SSSR count). The SMILES string of the molecule is C[C@@H](CC(=O)O)NC(=O)C1CCCCC1CNC(=O)OCC1c2ccccc2-c2ccccc21. The first kappa shape index (κ1) is 23.8. The fourth-order valence-corrected chi connectivity index (χ4v) is 5.32. The van der Waals surface area contributed by atoms with Crippen molar-refractivity contribution >= 4 is 18.0 Å². The molecule has 2 amide bonds. The van der Waals surface area contributed by atoms with E-state index < -0.39 is 18.1 Å². The van der Waals surface area contributed by atoms with Gasteiger partial charge in [-0.2, -0.15) is 0 Å². The summed E-state index contributed by atoms with van der Waals surface area (Å²) in [4.78, 5) is 36.2. The van der Waals surface area contributed by atoms with Gasteiger partial charge in [0.1, 0.15) is 6.61 Å². The third-order valence-electron chi connectivity index (χ3n) is 6.97. The van der Waals surface area contributed by atoms with E-state index in [1.165, 1.54) is 11.1 Å². The number of hydrogen-bond donors (Lipinski definition) is 3. The third-order valence-corrected chi connectivity index (χ3v) is 6.97. The summed E-state index contributed by atoms with van der Waals surface area (Å²) in [6.45, 7) is 2.31. The number of carbonyl (C=O) groups excluding carboxylic acids is 2. The number of carboxylic acid groups (broad SMARTS) is 1. The number of aliphatic carboxylic acids is 1. The number of fused-ring (bicyclic) bond motifs is 3. The van der Waals surface area contributed by atoms with E-state index in [9.17, 15) is 14.4 Å². The second kappa shape index (κ2) is 10.7. The van der Waals surface area contributed by atoms with Crippen LogP contribution in [0.4, 0.5) is 4.79 Å². The van der Waals surface area contributed by atoms with Crippen molar-refractivity contribution in [1.82, 2.24) is 10.6 Å². The number of ether oxygens (including phenoxy) is 1. The second-order valence-electron chi connectivity index (χ2n) is 9.36. The van der Waals surface area contributed by atoms with Crippen LogP contribution < -0.4 is 10.6 Å². The van der Waals surface area contributed by atoms with Gasteiger partial charge in [0.05, 0.1) is 6.42 Å². The Bertz CT molecular complexity index is 1010. The van der Waals surface area contributed by atoms with Crippen LogP contribution in [0.15, 0.2) is 48.5 Å². The minimum atomic E-state index is -0.940. The molecule has 34 heavy (non-hydrogen) atoms. The van der Waals surface area contributed by atoms with Crippen LogP contribution in [-0.4, -0.2) is 42.3 Å². The highest BCUT2D eigenvalue weighted by Crippen LogP contribution is 2.44. The van der Waals surface area contributed by atoms with Crippen LogP contribution in [0.25, 0.3) is 11.1 Å². The van der Waals surface area contributed by atoms with Gasteiger partial charge in [-0.05, 0) is 47.9 Å². The molecule has 2 aromatic carbocycles. The zero-order valence-corrected chi connectivity index (χ0v) is 19.5. The van der Waals surface area contributed by atoms with E-state index >= 15 is 0 Å². The van der Waals surface area contributed by atoms with Gasteiger partial charge in [-0.15, -0.1) is 0 Å². The summed E-state index contributed by atoms with van der Waals surface area (Å²) in [5.41, 5.74) is 4.69. The number of alkyl carbamates (subject to hydrolysis) is 1. The Morgan fingerprint density at radius 1 is 1.00 bits per heavy atom. The molecule has 2 aliphatic carbocycles. The number of nitrogens with one attached hydrogen (secondary N) is 2. The first-order valence-corrected chi connectivity index (χ1v) is 12.0. The van der Waals surface area contributed by atoms with Gasteiger partial charge in [0, 0.05) is 24.4 Å². The van der Waals surface area contributed by atoms with Crippen molar-refractivity contribution in [1.29, 1.82) is 0 Å². The predicted molar refractivity (Wildman–Crippen MR) is 128 cm³/mol. The van der Waals surface area contributed by atoms with Gasteiger partial charge in [0.25, 0.3) is 0 Å². The van der Waals surface area contributed by atoms with Crippen LogP contribution in [0.2, 0.25) is 0 Å². The first-order chi connectivity index (χ1) is 16.4. The van der Waals surface area contributed by atoms with Gasteiger partial charge >= 0.3 is 12.1 Å². The van der Waals surface area contributed by atoms with Crippen molar-refractivity contribution in [3.8, 4) is 11.1 Å². The highest BCUT2D eigenvalue weighted by atomic mass is 16.5. The fourth-order valence-electron chi connectivity index (χ4n) is 5.32. The molecule has 0 radical (unpaired) electrons. The van der Waals surface area contributed by atoms with Crippen molar-refractivity contribution in [2.45, 2.75) is 51.0 Å². The Kier molecular flexibility index (Phi) is 7.50. The van der Waals surface area contributed by atoms with Crippen molar-refractivity contribution in [2.24, 2.45) is 11.8 Å². The molecule has 1 fully saturated rings. The number of carboxylic acids is 1. The second-order valence-corrected chi connectivity index (χ2v) is 9.36. The van der Waals surface area contributed by atoms with E-state index in [1.54, 1.807) is 6.92 Å². The lowest BCUT2D eigenvalue weighted by Crippen LogP contribution is -2.44. The maximum atomic E-state index is 12.7. The van der Waals surface area contributed by atoms with Crippen molar-refractivity contribution in [3.63, 3.8) is 0 Å². The van der Waals surface area contributed by atoms with E-state index in [4.69, 9.17) is 9.84 Å². The number of amides is 2. The van der Waals surface area contributed by atoms with Gasteiger partial charge in [0.2, 0.25) is 5.91 Å². The largest absolute Gasteiger partial charge is 0.481 e. The van der Waals surface area contributed by atoms with Crippen molar-refractivity contribution in [3.05, 3.63) is 59.7 Å². The van der Waals surface area contributed by atoms with Crippen LogP contribution in [-0.2, 0) is 14.3 Å². The minimum Gasteiger partial charge on any atom is -0.481 e. The molecule has 3 atom stereocenters. The smallest absolute Gasteiger partial charge is 0.407 e. The Hall–Kier alpha value is -3.35. The molecule has 0 heterocycles. The molecule has 0 saturated heterocycles. The first-order valence-electron chi connectivity index (χ1n) is 12.0. The number of carbonyl (C=O) groups is 3. The molecular weight excluding hydrogens is 432 g/mol. The quantitative estimate of drug-likeness (QED) is 0.540. The lowest BCUT2D eigenvalue weighted by Gasteiger charge is -2.31. The summed E-state index contributed by atoms with van der Waals surface area (Å²) in [6.07, 6.45) is 2.95. The van der Waals surface area contributed by atoms with E-state index in [0.29, 0.717) is 6.54 Å². The Balaban J connectivity index is 1.31. The average molecular weight is 465 g/mol. The topological polar surface area (TPSA) is 105 Å². The van der Waals surface area contributed by atoms with E-state index in [-0.39, 0.29) is 36.7 Å². The monoisotopic (exact) mass is 464 g/mol. The van der Waals surface area contributed by atoms with Gasteiger partial charge < -0.3 is 20.5 Å². The summed E-state index contributed by atoms with van der Waals surface area (Å²) >= 11 is 0. The molecule has 7 nitrogen and oxygen atoms in total. The molecule has 2 aliphatic rings. The van der Waals surface area contributed by atoms with Gasteiger partial charge in [-0.3, -0.25) is 9.59 Å². The zero-order valence-electron chi connectivity index (χ0n) is 19.5. The standard InChI is InChI=1S/C27H32N2O5/c1-17(14-25(30)31)29-26(32)19-9-3-2-8-18(19)15-28-27(33)34-16-24-22-12-6-4-10-20(22)21-11-5-7-13-23(21)24/h4-7,10-13,17-19,24H,2-3,8-9,14-16H2,1H3,(H,28,33)(H,29,32)(H,30,31)/t17-,18?,19?/m0/s1. The molecule has 0 bridgehead atoms. The predicted octanol–water partition coefficient (Wildman–Crippen LogP) is 4.31. The summed E-state index contributed by atoms with van der Waals surface area (Å²) in [6, 6.07) is 16.0. The highest BCUT2D eigenvalue weighted by Gasteiger charge is 2.33. The molecular formula is C27H32N2O5. The molecule has 2 aromatic rings. The molecule has 180 valence electrons. The van der Waals surface area contributed by atoms with Crippen molar-refractivity contribution in [2.75, 3.05) is 13.2 Å². The molecule has 7 heteroatoms. The molecule has 1 saturated carbocycles. The maximum Gasteiger partial charge on any atom is 0.407 e. The van der Waals surface area contributed by atoms with Crippen LogP contribution in [0, 0.1) is 11.8 Å². The van der Waals surface area contributed by atoms with E-state index in [2.05, 4.69) is 34.9 Å². The molecule has 0 aliphatic heterocycles. The normalized spacial score (nSPS) is 20.0. The number of hydrogen-bond acceptors (Lipinski definition) is 4. The Labute approximate surface area is 199 Å². The third kappa shape index (κ3) is 5.41. The summed E-state index contributed by atoms with van der Waals surface area (Å²) < 4.78 is 5.62. The van der Waals surface area contributed by atoms with E-state index in [1.807, 2.05) is 24.3 Å². The molecule has 0 spiro atoms. The van der Waals surface area contributed by atoms with Crippen LogP contribution in [0.5, 0.6) is 0 Å². The molecule has 2 unspecified atom stereocenters. The zero-order chi connectivity index (χ0) is 24.1. The molecule has 0 aromatic heterocycles. The molecule has 3 N–H and O–H groups in total. The lowest BCUT2D eigenvalue weighted by atomic mass is 9.78. The number of benzene rings is 2. The van der Waals surface area contributed by atoms with Gasteiger partial charge in [-0.25, -0.2) is 4.79 Å². The van der Waals surface area contributed by atoms with Crippen molar-refractivity contribution < 1.29 is 24.2 Å². The Morgan fingerprint density at radius 2 is 1.62 bits per heavy atom. The van der Waals surface area contributed by atoms with Crippen LogP contribution in [0.1, 0.15) is 56.1 Å². The highest BCUT2D eigenvalue weighted by molar-refractivity contribution is 5.80.